The number of nitrogens with zero attached hydrogens (tertiary/aromatic N) is 1. The first-order valence-corrected chi connectivity index (χ1v) is 18.4. The summed E-state index contributed by atoms with van der Waals surface area (Å²) in [6.45, 7) is 11.9. The average Bonchev–Trinajstić information content (AvgIpc) is 3.57. The first kappa shape index (κ1) is 32.7. The molecule has 0 amide bonds. The highest BCUT2D eigenvalue weighted by Gasteiger charge is 2.60. The van der Waals surface area contributed by atoms with E-state index in [0.29, 0.717) is 5.56 Å². The van der Waals surface area contributed by atoms with Crippen LogP contribution >= 0.6 is 7.60 Å². The van der Waals surface area contributed by atoms with Crippen LogP contribution in [0.1, 0.15) is 46.4 Å². The highest BCUT2D eigenvalue weighted by Crippen LogP contribution is 2.58. The van der Waals surface area contributed by atoms with E-state index in [2.05, 4.69) is 50.0 Å². The predicted octanol–water partition coefficient (Wildman–Crippen LogP) is 3.65. The van der Waals surface area contributed by atoms with Crippen LogP contribution in [0.25, 0.3) is 0 Å². The van der Waals surface area contributed by atoms with Crippen LogP contribution in [0.4, 0.5) is 0 Å². The number of hydrogen-bond donors (Lipinski definition) is 1. The molecule has 2 saturated heterocycles. The Morgan fingerprint density at radius 1 is 0.886 bits per heavy atom. The number of fused-ring (bicyclic) bond motifs is 1. The van der Waals surface area contributed by atoms with Gasteiger partial charge in [0.05, 0.1) is 19.8 Å². The van der Waals surface area contributed by atoms with E-state index in [1.165, 1.54) is 10.8 Å². The van der Waals surface area contributed by atoms with Gasteiger partial charge in [0.1, 0.15) is 18.3 Å². The Morgan fingerprint density at radius 3 is 1.95 bits per heavy atom. The number of benzene rings is 2. The zero-order valence-corrected chi connectivity index (χ0v) is 27.8. The lowest BCUT2D eigenvalue weighted by Gasteiger charge is -2.43. The van der Waals surface area contributed by atoms with Gasteiger partial charge in [-0.1, -0.05) is 81.4 Å². The molecular weight excluding hydrogens is 603 g/mol. The van der Waals surface area contributed by atoms with Crippen LogP contribution in [0.5, 0.6) is 0 Å². The number of aryl methyl sites for hydroxylation is 1. The van der Waals surface area contributed by atoms with Gasteiger partial charge >= 0.3 is 13.3 Å². The zero-order valence-electron chi connectivity index (χ0n) is 25.9. The summed E-state index contributed by atoms with van der Waals surface area (Å²) in [6.07, 6.45) is -1.96. The van der Waals surface area contributed by atoms with E-state index in [9.17, 15) is 14.2 Å². The van der Waals surface area contributed by atoms with Crippen LogP contribution in [-0.4, -0.2) is 62.0 Å². The maximum atomic E-state index is 13.7. The summed E-state index contributed by atoms with van der Waals surface area (Å²) >= 11 is 0. The van der Waals surface area contributed by atoms with Gasteiger partial charge in [0.25, 0.3) is 19.9 Å². The second-order valence-corrected chi connectivity index (χ2v) is 18.2. The Kier molecular flexibility index (Phi) is 9.65. The third kappa shape index (κ3) is 5.98. The Labute approximate surface area is 258 Å². The third-order valence-electron chi connectivity index (χ3n) is 8.01. The first-order valence-electron chi connectivity index (χ1n) is 14.9. The molecule has 238 valence electrons. The molecule has 0 spiro atoms. The number of H-pyrrole nitrogens is 1. The predicted molar refractivity (Wildman–Crippen MR) is 168 cm³/mol. The van der Waals surface area contributed by atoms with Crippen LogP contribution in [-0.2, 0) is 32.2 Å². The van der Waals surface area contributed by atoms with Crippen LogP contribution in [0, 0.1) is 6.92 Å². The van der Waals surface area contributed by atoms with E-state index in [1.54, 1.807) is 20.8 Å². The van der Waals surface area contributed by atoms with Gasteiger partial charge in [0.15, 0.2) is 6.23 Å². The molecule has 0 saturated carbocycles. The van der Waals surface area contributed by atoms with Crippen molar-refractivity contribution in [2.75, 3.05) is 19.8 Å². The fraction of sp³-hybridized carbons (Fsp3) is 0.484. The molecular formula is C31H41N2O9PSi. The van der Waals surface area contributed by atoms with Gasteiger partial charge < -0.3 is 27.7 Å². The van der Waals surface area contributed by atoms with E-state index >= 15 is 0 Å². The van der Waals surface area contributed by atoms with Crippen molar-refractivity contribution >= 4 is 26.3 Å². The van der Waals surface area contributed by atoms with Crippen molar-refractivity contribution in [2.45, 2.75) is 77.2 Å². The zero-order chi connectivity index (χ0) is 31.7. The highest BCUT2D eigenvalue weighted by atomic mass is 31.2. The molecule has 3 heterocycles. The van der Waals surface area contributed by atoms with E-state index in [1.807, 2.05) is 36.4 Å². The molecule has 2 aromatic carbocycles. The van der Waals surface area contributed by atoms with Crippen molar-refractivity contribution < 1.29 is 32.2 Å². The average molecular weight is 645 g/mol. The summed E-state index contributed by atoms with van der Waals surface area (Å²) in [5.41, 5.74) is -0.838. The van der Waals surface area contributed by atoms with Crippen molar-refractivity contribution in [3.63, 3.8) is 0 Å². The lowest BCUT2D eigenvalue weighted by Crippen LogP contribution is -2.67. The normalized spacial score (nSPS) is 24.0. The summed E-state index contributed by atoms with van der Waals surface area (Å²) in [5.74, 6) is 0. The van der Waals surface area contributed by atoms with Gasteiger partial charge in [-0.2, -0.15) is 0 Å². The fourth-order valence-electron chi connectivity index (χ4n) is 6.09. The van der Waals surface area contributed by atoms with Crippen molar-refractivity contribution in [1.82, 2.24) is 9.55 Å². The Morgan fingerprint density at radius 2 is 1.43 bits per heavy atom. The smallest absolute Gasteiger partial charge is 0.386 e. The van der Waals surface area contributed by atoms with Crippen LogP contribution < -0.4 is 21.6 Å². The molecule has 1 N–H and O–H groups in total. The van der Waals surface area contributed by atoms with Crippen LogP contribution in [0.2, 0.25) is 5.04 Å². The first-order chi connectivity index (χ1) is 20.9. The fourth-order valence-corrected chi connectivity index (χ4v) is 12.3. The number of rotatable bonds is 11. The third-order valence-corrected chi connectivity index (χ3v) is 15.0. The van der Waals surface area contributed by atoms with Gasteiger partial charge in [-0.25, -0.2) is 4.79 Å². The summed E-state index contributed by atoms with van der Waals surface area (Å²) in [6, 6.07) is 19.1. The molecule has 2 aliphatic heterocycles. The summed E-state index contributed by atoms with van der Waals surface area (Å²) < 4.78 is 52.1. The molecule has 0 unspecified atom stereocenters. The summed E-state index contributed by atoms with van der Waals surface area (Å²) in [5, 5.41) is 1.89. The summed E-state index contributed by atoms with van der Waals surface area (Å²) in [7, 11) is -6.81. The number of aromatic nitrogens is 2. The van der Waals surface area contributed by atoms with Crippen molar-refractivity contribution in [3.05, 3.63) is 93.3 Å². The van der Waals surface area contributed by atoms with Crippen LogP contribution in [0.3, 0.4) is 0 Å². The van der Waals surface area contributed by atoms with Crippen LogP contribution in [0.15, 0.2) is 76.4 Å². The van der Waals surface area contributed by atoms with Gasteiger partial charge in [-0.15, -0.1) is 0 Å². The largest absolute Gasteiger partial charge is 0.405 e. The number of hydrogen-bond acceptors (Lipinski definition) is 9. The molecule has 13 heteroatoms. The minimum Gasteiger partial charge on any atom is -0.405 e. The highest BCUT2D eigenvalue weighted by molar-refractivity contribution is 7.54. The molecule has 0 bridgehead atoms. The number of aromatic amines is 1. The van der Waals surface area contributed by atoms with E-state index in [4.69, 9.17) is 27.7 Å². The maximum absolute atomic E-state index is 13.7. The standard InChI is InChI=1S/C31H41N2O9PSi/c1-7-37-43(36,38-8-2)30-41-25-24(40-28(26(25)42-30)33-19-21(3)27(34)32-29(33)35)20-39-44(31(4,5)6,22-15-11-9-12-16-22)23-17-13-10-14-18-23/h9-19,24-26,28,30H,7-8,20H2,1-6H3,(H,32,34,35)/t24-,25-,26-,28-,30-/m1/s1. The maximum Gasteiger partial charge on any atom is 0.386 e. The SMILES string of the molecule is CCOP(=O)(OCC)[C@H]1O[C@@H]2[C@H](O1)[C@@H](CO[Si](c1ccccc1)(c1ccccc1)C(C)(C)C)O[C@H]2n1cc(C)c(=O)[nH]c1=O. The monoisotopic (exact) mass is 644 g/mol. The Hall–Kier alpha value is -2.67. The topological polar surface area (TPSA) is 127 Å². The van der Waals surface area contributed by atoms with E-state index in [0.717, 1.165) is 10.4 Å². The van der Waals surface area contributed by atoms with Crippen molar-refractivity contribution in [1.29, 1.82) is 0 Å². The molecule has 2 aliphatic rings. The minimum atomic E-state index is -3.85. The second kappa shape index (κ2) is 13.0. The van der Waals surface area contributed by atoms with Gasteiger partial charge in [-0.05, 0) is 36.2 Å². The second-order valence-electron chi connectivity index (χ2n) is 11.9. The molecule has 5 atom stereocenters. The van der Waals surface area contributed by atoms with Gasteiger partial charge in [0, 0.05) is 11.8 Å². The lowest BCUT2D eigenvalue weighted by atomic mass is 10.1. The molecule has 0 radical (unpaired) electrons. The van der Waals surface area contributed by atoms with Gasteiger partial charge in [-0.3, -0.25) is 18.9 Å². The molecule has 0 aliphatic carbocycles. The quantitative estimate of drug-likeness (QED) is 0.246. The molecule has 44 heavy (non-hydrogen) atoms. The summed E-state index contributed by atoms with van der Waals surface area (Å²) in [4.78, 5) is 27.5. The minimum absolute atomic E-state index is 0.0890. The molecule has 5 rings (SSSR count). The van der Waals surface area contributed by atoms with Crippen molar-refractivity contribution in [3.8, 4) is 0 Å². The lowest BCUT2D eigenvalue weighted by molar-refractivity contribution is -0.130. The Bertz CT molecular complexity index is 1540. The Balaban J connectivity index is 1.55. The van der Waals surface area contributed by atoms with E-state index < -0.39 is 57.7 Å². The van der Waals surface area contributed by atoms with E-state index in [-0.39, 0.29) is 24.9 Å². The molecule has 11 nitrogen and oxygen atoms in total. The molecule has 2 fully saturated rings. The molecule has 1 aromatic heterocycles. The van der Waals surface area contributed by atoms with Crippen molar-refractivity contribution in [2.24, 2.45) is 0 Å². The van der Waals surface area contributed by atoms with Gasteiger partial charge in [0.2, 0.25) is 0 Å². The number of ether oxygens (including phenoxy) is 3. The molecule has 3 aromatic rings. The number of nitrogens with one attached hydrogen (secondary N) is 1.